The molecule has 1 atom stereocenters. The largest absolute Gasteiger partial charge is 0.495 e. The van der Waals surface area contributed by atoms with E-state index in [1.54, 1.807) is 50.7 Å². The van der Waals surface area contributed by atoms with E-state index in [9.17, 15) is 4.79 Å². The predicted molar refractivity (Wildman–Crippen MR) is 94.5 cm³/mol. The van der Waals surface area contributed by atoms with Gasteiger partial charge in [-0.1, -0.05) is 23.9 Å². The van der Waals surface area contributed by atoms with Gasteiger partial charge in [-0.2, -0.15) is 0 Å². The number of para-hydroxylation sites is 2. The molecule has 0 saturated carbocycles. The maximum atomic E-state index is 12.4. The molecule has 0 aliphatic rings. The van der Waals surface area contributed by atoms with E-state index in [-0.39, 0.29) is 5.91 Å². The lowest BCUT2D eigenvalue weighted by Gasteiger charge is -2.12. The topological polar surface area (TPSA) is 90.1 Å². The van der Waals surface area contributed by atoms with Gasteiger partial charge in [0.15, 0.2) is 0 Å². The van der Waals surface area contributed by atoms with Gasteiger partial charge >= 0.3 is 0 Å². The molecule has 3 rings (SSSR count). The number of hydrogen-bond acceptors (Lipinski definition) is 7. The van der Waals surface area contributed by atoms with Gasteiger partial charge in [-0.25, -0.2) is 0 Å². The van der Waals surface area contributed by atoms with Gasteiger partial charge in [0.05, 0.1) is 18.0 Å². The summed E-state index contributed by atoms with van der Waals surface area (Å²) in [6, 6.07) is 10.8. The summed E-state index contributed by atoms with van der Waals surface area (Å²) in [6.07, 6.45) is 3.30. The molecule has 8 heteroatoms. The Kier molecular flexibility index (Phi) is 5.30. The molecule has 2 heterocycles. The molecule has 2 aromatic heterocycles. The maximum Gasteiger partial charge on any atom is 0.277 e. The Morgan fingerprint density at radius 3 is 2.72 bits per heavy atom. The van der Waals surface area contributed by atoms with Crippen LogP contribution in [0, 0.1) is 0 Å². The first-order chi connectivity index (χ1) is 12.2. The summed E-state index contributed by atoms with van der Waals surface area (Å²) in [5.74, 6) is 0.811. The summed E-state index contributed by atoms with van der Waals surface area (Å²) < 4.78 is 10.8. The van der Waals surface area contributed by atoms with Gasteiger partial charge in [0.1, 0.15) is 5.75 Å². The Labute approximate surface area is 148 Å². The Balaban J connectivity index is 1.65. The second-order valence-electron chi connectivity index (χ2n) is 5.06. The second-order valence-corrected chi connectivity index (χ2v) is 6.35. The maximum absolute atomic E-state index is 12.4. The fourth-order valence-electron chi connectivity index (χ4n) is 2.06. The molecule has 7 nitrogen and oxygen atoms in total. The number of aromatic nitrogens is 3. The smallest absolute Gasteiger partial charge is 0.277 e. The van der Waals surface area contributed by atoms with Crippen molar-refractivity contribution in [3.05, 3.63) is 48.8 Å². The molecular weight excluding hydrogens is 340 g/mol. The zero-order chi connectivity index (χ0) is 17.6. The summed E-state index contributed by atoms with van der Waals surface area (Å²) in [6.45, 7) is 1.77. The molecule has 1 unspecified atom stereocenters. The average molecular weight is 356 g/mol. The predicted octanol–water partition coefficient (Wildman–Crippen LogP) is 3.26. The van der Waals surface area contributed by atoms with E-state index in [1.165, 1.54) is 11.8 Å². The molecule has 0 saturated heterocycles. The number of anilines is 1. The first kappa shape index (κ1) is 17.0. The first-order valence-electron chi connectivity index (χ1n) is 7.52. The normalized spacial score (nSPS) is 11.8. The van der Waals surface area contributed by atoms with E-state index in [1.807, 2.05) is 12.1 Å². The van der Waals surface area contributed by atoms with E-state index in [4.69, 9.17) is 9.15 Å². The highest BCUT2D eigenvalue weighted by molar-refractivity contribution is 8.00. The Hall–Kier alpha value is -2.87. The summed E-state index contributed by atoms with van der Waals surface area (Å²) in [4.78, 5) is 16.3. The number of rotatable bonds is 6. The molecule has 0 radical (unpaired) electrons. The molecular formula is C17H16N4O3S. The Morgan fingerprint density at radius 2 is 1.96 bits per heavy atom. The lowest BCUT2D eigenvalue weighted by Crippen LogP contribution is -2.22. The van der Waals surface area contributed by atoms with Crippen molar-refractivity contribution in [2.75, 3.05) is 12.4 Å². The molecule has 0 bridgehead atoms. The van der Waals surface area contributed by atoms with Gasteiger partial charge < -0.3 is 14.5 Å². The van der Waals surface area contributed by atoms with Crippen molar-refractivity contribution in [2.45, 2.75) is 17.4 Å². The van der Waals surface area contributed by atoms with Gasteiger partial charge in [-0.3, -0.25) is 9.78 Å². The number of nitrogens with zero attached hydrogens (tertiary/aromatic N) is 3. The minimum Gasteiger partial charge on any atom is -0.495 e. The molecule has 1 N–H and O–H groups in total. The number of benzene rings is 1. The standard InChI is InChI=1S/C17H16N4O3S/c1-11(15(22)19-13-5-3-4-6-14(13)23-2)25-17-21-20-16(24-17)12-7-9-18-10-8-12/h3-11H,1-2H3,(H,19,22). The van der Waals surface area contributed by atoms with Crippen molar-refractivity contribution in [1.82, 2.24) is 15.2 Å². The third-order valence-corrected chi connectivity index (χ3v) is 4.28. The molecule has 0 spiro atoms. The van der Waals surface area contributed by atoms with Crippen LogP contribution >= 0.6 is 11.8 Å². The van der Waals surface area contributed by atoms with Gasteiger partial charge in [0, 0.05) is 18.0 Å². The van der Waals surface area contributed by atoms with Crippen molar-refractivity contribution in [1.29, 1.82) is 0 Å². The lowest BCUT2D eigenvalue weighted by atomic mass is 10.3. The molecule has 25 heavy (non-hydrogen) atoms. The zero-order valence-corrected chi connectivity index (χ0v) is 14.5. The van der Waals surface area contributed by atoms with E-state index in [0.717, 1.165) is 5.56 Å². The molecule has 3 aromatic rings. The molecule has 1 amide bonds. The molecule has 0 aliphatic carbocycles. The number of methoxy groups -OCH3 is 1. The van der Waals surface area contributed by atoms with Crippen LogP contribution in [-0.4, -0.2) is 33.4 Å². The number of thioether (sulfide) groups is 1. The van der Waals surface area contributed by atoms with Crippen LogP contribution in [0.4, 0.5) is 5.69 Å². The van der Waals surface area contributed by atoms with Crippen LogP contribution in [0.25, 0.3) is 11.5 Å². The van der Waals surface area contributed by atoms with Crippen molar-refractivity contribution in [3.63, 3.8) is 0 Å². The number of ether oxygens (including phenoxy) is 1. The minimum atomic E-state index is -0.421. The highest BCUT2D eigenvalue weighted by atomic mass is 32.2. The fourth-order valence-corrected chi connectivity index (χ4v) is 2.74. The number of carbonyl (C=O) groups is 1. The zero-order valence-electron chi connectivity index (χ0n) is 13.7. The van der Waals surface area contributed by atoms with Crippen LogP contribution in [0.15, 0.2) is 58.4 Å². The lowest BCUT2D eigenvalue weighted by molar-refractivity contribution is -0.115. The Morgan fingerprint density at radius 1 is 1.20 bits per heavy atom. The van der Waals surface area contributed by atoms with Crippen LogP contribution in [0.1, 0.15) is 6.92 Å². The van der Waals surface area contributed by atoms with Crippen LogP contribution in [0.3, 0.4) is 0 Å². The summed E-state index contributed by atoms with van der Waals surface area (Å²) in [7, 11) is 1.56. The van der Waals surface area contributed by atoms with Crippen LogP contribution in [0.2, 0.25) is 0 Å². The summed E-state index contributed by atoms with van der Waals surface area (Å²) >= 11 is 1.19. The third kappa shape index (κ3) is 4.16. The van der Waals surface area contributed by atoms with Gasteiger partial charge in [0.25, 0.3) is 5.22 Å². The second kappa shape index (κ2) is 7.80. The van der Waals surface area contributed by atoms with Crippen molar-refractivity contribution >= 4 is 23.4 Å². The molecule has 0 aliphatic heterocycles. The summed E-state index contributed by atoms with van der Waals surface area (Å²) in [5, 5.41) is 10.7. The number of amides is 1. The van der Waals surface area contributed by atoms with E-state index < -0.39 is 5.25 Å². The molecule has 1 aromatic carbocycles. The monoisotopic (exact) mass is 356 g/mol. The highest BCUT2D eigenvalue weighted by Crippen LogP contribution is 2.28. The van der Waals surface area contributed by atoms with Crippen molar-refractivity contribution < 1.29 is 13.9 Å². The third-order valence-electron chi connectivity index (χ3n) is 3.35. The highest BCUT2D eigenvalue weighted by Gasteiger charge is 2.19. The van der Waals surface area contributed by atoms with Crippen LogP contribution < -0.4 is 10.1 Å². The summed E-state index contributed by atoms with van der Waals surface area (Å²) in [5.41, 5.74) is 1.39. The fraction of sp³-hybridized carbons (Fsp3) is 0.176. The van der Waals surface area contributed by atoms with E-state index in [2.05, 4.69) is 20.5 Å². The first-order valence-corrected chi connectivity index (χ1v) is 8.40. The van der Waals surface area contributed by atoms with Crippen molar-refractivity contribution in [3.8, 4) is 17.2 Å². The van der Waals surface area contributed by atoms with Gasteiger partial charge in [-0.15, -0.1) is 10.2 Å². The number of pyridine rings is 1. The minimum absolute atomic E-state index is 0.182. The molecule has 0 fully saturated rings. The number of nitrogens with one attached hydrogen (secondary N) is 1. The van der Waals surface area contributed by atoms with Crippen LogP contribution in [-0.2, 0) is 4.79 Å². The van der Waals surface area contributed by atoms with Crippen LogP contribution in [0.5, 0.6) is 5.75 Å². The average Bonchev–Trinajstić information content (AvgIpc) is 3.11. The SMILES string of the molecule is COc1ccccc1NC(=O)C(C)Sc1nnc(-c2ccncc2)o1. The van der Waals surface area contributed by atoms with Gasteiger partial charge in [0.2, 0.25) is 11.8 Å². The quantitative estimate of drug-likeness (QED) is 0.678. The Bertz CT molecular complexity index is 854. The number of hydrogen-bond donors (Lipinski definition) is 1. The van der Waals surface area contributed by atoms with Crippen molar-refractivity contribution in [2.24, 2.45) is 0 Å². The van der Waals surface area contributed by atoms with E-state index in [0.29, 0.717) is 22.6 Å². The van der Waals surface area contributed by atoms with E-state index >= 15 is 0 Å². The van der Waals surface area contributed by atoms with Gasteiger partial charge in [-0.05, 0) is 31.2 Å². The molecule has 128 valence electrons. The number of carbonyl (C=O) groups excluding carboxylic acids is 1.